The topological polar surface area (TPSA) is 86.9 Å². The van der Waals surface area contributed by atoms with Gasteiger partial charge in [0, 0.05) is 10.6 Å². The second-order valence-corrected chi connectivity index (χ2v) is 8.03. The molecule has 2 amide bonds. The summed E-state index contributed by atoms with van der Waals surface area (Å²) in [5.41, 5.74) is 2.43. The van der Waals surface area contributed by atoms with Gasteiger partial charge in [-0.2, -0.15) is 5.10 Å². The van der Waals surface area contributed by atoms with Crippen molar-refractivity contribution in [1.29, 1.82) is 0 Å². The van der Waals surface area contributed by atoms with Crippen LogP contribution in [0.15, 0.2) is 54.6 Å². The monoisotopic (exact) mass is 422 g/mol. The molecular formula is C22H19FN4O2S. The molecule has 0 saturated carbocycles. The van der Waals surface area contributed by atoms with Gasteiger partial charge >= 0.3 is 0 Å². The second-order valence-electron chi connectivity index (χ2n) is 6.92. The number of hydrogen-bond donors (Lipinski definition) is 3. The van der Waals surface area contributed by atoms with E-state index in [2.05, 4.69) is 20.8 Å². The van der Waals surface area contributed by atoms with Crippen molar-refractivity contribution < 1.29 is 14.0 Å². The van der Waals surface area contributed by atoms with E-state index in [9.17, 15) is 14.0 Å². The molecule has 0 fully saturated rings. The van der Waals surface area contributed by atoms with Gasteiger partial charge in [-0.25, -0.2) is 4.39 Å². The molecule has 0 radical (unpaired) electrons. The third-order valence-corrected chi connectivity index (χ3v) is 5.65. The number of aromatic nitrogens is 2. The van der Waals surface area contributed by atoms with Gasteiger partial charge in [0.25, 0.3) is 0 Å². The Kier molecular flexibility index (Phi) is 5.58. The van der Waals surface area contributed by atoms with Gasteiger partial charge in [-0.15, -0.1) is 11.3 Å². The Morgan fingerprint density at radius 1 is 1.03 bits per heavy atom. The van der Waals surface area contributed by atoms with E-state index in [1.807, 2.05) is 37.3 Å². The van der Waals surface area contributed by atoms with Crippen LogP contribution in [-0.2, 0) is 22.4 Å². The lowest BCUT2D eigenvalue weighted by Gasteiger charge is -2.06. The summed E-state index contributed by atoms with van der Waals surface area (Å²) in [4.78, 5) is 26.2. The number of amides is 2. The lowest BCUT2D eigenvalue weighted by atomic mass is 10.1. The first kappa shape index (κ1) is 19.8. The van der Waals surface area contributed by atoms with Crippen molar-refractivity contribution in [3.05, 3.63) is 76.4 Å². The molecule has 2 aromatic heterocycles. The molecule has 0 aliphatic carbocycles. The van der Waals surface area contributed by atoms with Gasteiger partial charge in [0.05, 0.1) is 18.2 Å². The van der Waals surface area contributed by atoms with E-state index in [0.29, 0.717) is 16.3 Å². The van der Waals surface area contributed by atoms with Gasteiger partial charge in [-0.05, 0) is 42.3 Å². The van der Waals surface area contributed by atoms with E-state index in [1.165, 1.54) is 29.5 Å². The summed E-state index contributed by atoms with van der Waals surface area (Å²) in [7, 11) is 0. The van der Waals surface area contributed by atoms with Crippen molar-refractivity contribution in [3.8, 4) is 0 Å². The SMILES string of the molecule is Cc1ccccc1CC(=O)Nc1[nH]nc2sc(CC(=O)Nc3cccc(F)c3)cc12. The zero-order valence-corrected chi connectivity index (χ0v) is 17.0. The van der Waals surface area contributed by atoms with Gasteiger partial charge in [0.1, 0.15) is 16.5 Å². The molecule has 0 aliphatic rings. The van der Waals surface area contributed by atoms with Gasteiger partial charge in [-0.3, -0.25) is 14.7 Å². The maximum atomic E-state index is 13.3. The number of anilines is 2. The molecule has 2 aromatic carbocycles. The number of halogens is 1. The van der Waals surface area contributed by atoms with E-state index < -0.39 is 5.82 Å². The molecular weight excluding hydrogens is 403 g/mol. The number of nitrogens with zero attached hydrogens (tertiary/aromatic N) is 1. The average Bonchev–Trinajstić information content (AvgIpc) is 3.25. The summed E-state index contributed by atoms with van der Waals surface area (Å²) in [5, 5.41) is 13.3. The van der Waals surface area contributed by atoms with Crippen LogP contribution in [-0.4, -0.2) is 22.0 Å². The van der Waals surface area contributed by atoms with Gasteiger partial charge < -0.3 is 10.6 Å². The molecule has 0 atom stereocenters. The van der Waals surface area contributed by atoms with Crippen LogP contribution in [0.2, 0.25) is 0 Å². The van der Waals surface area contributed by atoms with Gasteiger partial charge in [0.2, 0.25) is 11.8 Å². The van der Waals surface area contributed by atoms with E-state index in [4.69, 9.17) is 0 Å². The maximum absolute atomic E-state index is 13.3. The van der Waals surface area contributed by atoms with Crippen LogP contribution in [0.4, 0.5) is 15.9 Å². The molecule has 3 N–H and O–H groups in total. The van der Waals surface area contributed by atoms with Crippen molar-refractivity contribution >= 4 is 44.9 Å². The summed E-state index contributed by atoms with van der Waals surface area (Å²) in [6, 6.07) is 15.3. The molecule has 0 aliphatic heterocycles. The molecule has 4 aromatic rings. The molecule has 0 saturated heterocycles. The molecule has 0 unspecified atom stereocenters. The van der Waals surface area contributed by atoms with Crippen molar-refractivity contribution in [2.45, 2.75) is 19.8 Å². The van der Waals surface area contributed by atoms with Crippen LogP contribution >= 0.6 is 11.3 Å². The summed E-state index contributed by atoms with van der Waals surface area (Å²) in [5.74, 6) is -0.296. The van der Waals surface area contributed by atoms with Crippen LogP contribution < -0.4 is 10.6 Å². The van der Waals surface area contributed by atoms with Crippen molar-refractivity contribution in [1.82, 2.24) is 10.2 Å². The van der Waals surface area contributed by atoms with Crippen molar-refractivity contribution in [3.63, 3.8) is 0 Å². The summed E-state index contributed by atoms with van der Waals surface area (Å²) in [6.45, 7) is 1.97. The third-order valence-electron chi connectivity index (χ3n) is 4.62. The standard InChI is InChI=1S/C22H19FN4O2S/c1-13-5-2-3-6-14(13)9-19(28)25-21-18-11-17(30-22(18)27-26-21)12-20(29)24-16-8-4-7-15(23)10-16/h2-8,10-11H,9,12H2,1H3,(H,24,29)(H2,25,26,27,28). The Labute approximate surface area is 176 Å². The van der Waals surface area contributed by atoms with Crippen LogP contribution in [0.1, 0.15) is 16.0 Å². The summed E-state index contributed by atoms with van der Waals surface area (Å²) in [6.07, 6.45) is 0.397. The highest BCUT2D eigenvalue weighted by Gasteiger charge is 2.15. The maximum Gasteiger partial charge on any atom is 0.229 e. The fourth-order valence-corrected chi connectivity index (χ4v) is 4.13. The number of carbonyl (C=O) groups excluding carboxylic acids is 2. The Bertz CT molecular complexity index is 1230. The minimum atomic E-state index is -0.409. The number of benzene rings is 2. The lowest BCUT2D eigenvalue weighted by Crippen LogP contribution is -2.15. The molecule has 6 nitrogen and oxygen atoms in total. The fourth-order valence-electron chi connectivity index (χ4n) is 3.14. The molecule has 4 rings (SSSR count). The minimum absolute atomic E-state index is 0.133. The number of thiophene rings is 1. The van der Waals surface area contributed by atoms with E-state index in [-0.39, 0.29) is 24.7 Å². The molecule has 8 heteroatoms. The Hall–Kier alpha value is -3.52. The predicted octanol–water partition coefficient (Wildman–Crippen LogP) is 4.43. The van der Waals surface area contributed by atoms with E-state index in [1.54, 1.807) is 6.07 Å². The molecule has 0 bridgehead atoms. The normalized spacial score (nSPS) is 10.9. The molecule has 30 heavy (non-hydrogen) atoms. The number of aromatic amines is 1. The van der Waals surface area contributed by atoms with Crippen LogP contribution in [0, 0.1) is 12.7 Å². The van der Waals surface area contributed by atoms with E-state index in [0.717, 1.165) is 21.4 Å². The highest BCUT2D eigenvalue weighted by atomic mass is 32.1. The predicted molar refractivity (Wildman–Crippen MR) is 116 cm³/mol. The lowest BCUT2D eigenvalue weighted by molar-refractivity contribution is -0.116. The van der Waals surface area contributed by atoms with Crippen molar-refractivity contribution in [2.24, 2.45) is 0 Å². The highest BCUT2D eigenvalue weighted by molar-refractivity contribution is 7.18. The first-order valence-corrected chi connectivity index (χ1v) is 10.2. The summed E-state index contributed by atoms with van der Waals surface area (Å²) < 4.78 is 13.3. The highest BCUT2D eigenvalue weighted by Crippen LogP contribution is 2.30. The Morgan fingerprint density at radius 3 is 2.63 bits per heavy atom. The number of fused-ring (bicyclic) bond motifs is 1. The summed E-state index contributed by atoms with van der Waals surface area (Å²) >= 11 is 1.37. The number of aryl methyl sites for hydroxylation is 1. The zero-order chi connectivity index (χ0) is 21.1. The largest absolute Gasteiger partial charge is 0.326 e. The number of nitrogens with one attached hydrogen (secondary N) is 3. The fraction of sp³-hybridized carbons (Fsp3) is 0.136. The second kappa shape index (κ2) is 8.46. The number of rotatable bonds is 6. The number of hydrogen-bond acceptors (Lipinski definition) is 4. The number of H-pyrrole nitrogens is 1. The minimum Gasteiger partial charge on any atom is -0.326 e. The van der Waals surface area contributed by atoms with Gasteiger partial charge in [-0.1, -0.05) is 30.3 Å². The zero-order valence-electron chi connectivity index (χ0n) is 16.2. The third kappa shape index (κ3) is 4.55. The molecule has 2 heterocycles. The smallest absolute Gasteiger partial charge is 0.229 e. The Balaban J connectivity index is 1.42. The van der Waals surface area contributed by atoms with Crippen molar-refractivity contribution in [2.75, 3.05) is 10.6 Å². The average molecular weight is 422 g/mol. The first-order chi connectivity index (χ1) is 14.5. The van der Waals surface area contributed by atoms with E-state index >= 15 is 0 Å². The molecule has 152 valence electrons. The van der Waals surface area contributed by atoms with Crippen LogP contribution in [0.3, 0.4) is 0 Å². The van der Waals surface area contributed by atoms with Crippen LogP contribution in [0.5, 0.6) is 0 Å². The van der Waals surface area contributed by atoms with Gasteiger partial charge in [0.15, 0.2) is 0 Å². The first-order valence-electron chi connectivity index (χ1n) is 9.34. The molecule has 0 spiro atoms. The number of carbonyl (C=O) groups is 2. The van der Waals surface area contributed by atoms with Crippen LogP contribution in [0.25, 0.3) is 10.2 Å². The quantitative estimate of drug-likeness (QED) is 0.429. The Morgan fingerprint density at radius 2 is 1.83 bits per heavy atom.